The van der Waals surface area contributed by atoms with Gasteiger partial charge in [-0.3, -0.25) is 10.1 Å². The zero-order valence-electron chi connectivity index (χ0n) is 3.87. The van der Waals surface area contributed by atoms with Crippen LogP contribution in [0, 0.1) is 16.7 Å². The van der Waals surface area contributed by atoms with Crippen molar-refractivity contribution < 1.29 is 4.92 Å². The summed E-state index contributed by atoms with van der Waals surface area (Å²) in [4.78, 5) is 12.6. The molecule has 1 unspecified atom stereocenters. The van der Waals surface area contributed by atoms with Gasteiger partial charge in [0.15, 0.2) is 0 Å². The molecule has 0 aromatic rings. The van der Waals surface area contributed by atoms with E-state index in [1.807, 2.05) is 0 Å². The van der Waals surface area contributed by atoms with E-state index in [0.717, 1.165) is 0 Å². The Morgan fingerprint density at radius 3 is 3.00 bits per heavy atom. The van der Waals surface area contributed by atoms with Gasteiger partial charge in [0.1, 0.15) is 6.54 Å². The van der Waals surface area contributed by atoms with Crippen LogP contribution >= 0.6 is 0 Å². The first-order valence-corrected chi connectivity index (χ1v) is 1.97. The summed E-state index contributed by atoms with van der Waals surface area (Å²) in [5.41, 5.74) is 0. The third kappa shape index (κ3) is 0.812. The van der Waals surface area contributed by atoms with Crippen molar-refractivity contribution in [2.75, 3.05) is 0 Å². The molecule has 0 aliphatic carbocycles. The van der Waals surface area contributed by atoms with E-state index in [2.05, 4.69) is 16.9 Å². The molecular weight excluding hydrogens is 110 g/mol. The molecule has 0 saturated heterocycles. The van der Waals surface area contributed by atoms with Crippen molar-refractivity contribution in [3.05, 3.63) is 16.7 Å². The van der Waals surface area contributed by atoms with Crippen LogP contribution in [0.2, 0.25) is 0 Å². The Morgan fingerprint density at radius 1 is 2.00 bits per heavy atom. The molecule has 1 N–H and O–H groups in total. The minimum atomic E-state index is -1.00. The molecule has 0 saturated carbocycles. The van der Waals surface area contributed by atoms with E-state index in [1.165, 1.54) is 6.21 Å². The largest absolute Gasteiger partial charge is 0.363 e. The third-order valence-corrected chi connectivity index (χ3v) is 0.692. The second kappa shape index (κ2) is 1.87. The van der Waals surface area contributed by atoms with Gasteiger partial charge in [0, 0.05) is 6.21 Å². The average molecular weight is 113 g/mol. The predicted octanol–water partition coefficient (Wildman–Crippen LogP) is -0.741. The third-order valence-electron chi connectivity index (χ3n) is 0.692. The first kappa shape index (κ1) is 5.17. The van der Waals surface area contributed by atoms with Crippen molar-refractivity contribution in [2.24, 2.45) is 4.99 Å². The number of nitrogens with zero attached hydrogens (tertiary/aromatic N) is 2. The van der Waals surface area contributed by atoms with E-state index in [9.17, 15) is 10.1 Å². The molecule has 8 heavy (non-hydrogen) atoms. The van der Waals surface area contributed by atoms with Crippen LogP contribution in [0.4, 0.5) is 0 Å². The molecule has 0 spiro atoms. The van der Waals surface area contributed by atoms with Gasteiger partial charge in [0.2, 0.25) is 0 Å². The maximum atomic E-state index is 9.79. The summed E-state index contributed by atoms with van der Waals surface area (Å²) >= 11 is 0. The van der Waals surface area contributed by atoms with Gasteiger partial charge in [-0.2, -0.15) is 0 Å². The highest BCUT2D eigenvalue weighted by atomic mass is 16.6. The van der Waals surface area contributed by atoms with Crippen molar-refractivity contribution in [1.29, 1.82) is 0 Å². The number of rotatable bonds is 1. The van der Waals surface area contributed by atoms with E-state index in [-0.39, 0.29) is 0 Å². The predicted molar refractivity (Wildman–Crippen MR) is 25.7 cm³/mol. The molecule has 42 valence electrons. The summed E-state index contributed by atoms with van der Waals surface area (Å²) in [6, 6.07) is 0. The Labute approximate surface area is 45.6 Å². The molecule has 0 amide bonds. The van der Waals surface area contributed by atoms with Crippen LogP contribution in [0.1, 0.15) is 0 Å². The Bertz CT molecular complexity index is 132. The zero-order valence-corrected chi connectivity index (χ0v) is 3.87. The first-order chi connectivity index (χ1) is 3.80. The summed E-state index contributed by atoms with van der Waals surface area (Å²) in [6.45, 7) is 2.37. The minimum Gasteiger partial charge on any atom is -0.261 e. The van der Waals surface area contributed by atoms with Crippen molar-refractivity contribution in [2.45, 2.75) is 6.29 Å². The van der Waals surface area contributed by atoms with Crippen LogP contribution in [0.25, 0.3) is 0 Å². The van der Waals surface area contributed by atoms with Gasteiger partial charge < -0.3 is 0 Å². The van der Waals surface area contributed by atoms with Crippen molar-refractivity contribution in [1.82, 2.24) is 5.32 Å². The molecule has 0 aromatic carbocycles. The molecule has 1 heterocycles. The lowest BCUT2D eigenvalue weighted by atomic mass is 10.8. The van der Waals surface area contributed by atoms with Gasteiger partial charge in [-0.05, 0) is 0 Å². The summed E-state index contributed by atoms with van der Waals surface area (Å²) in [7, 11) is 0. The highest BCUT2D eigenvalue weighted by molar-refractivity contribution is 5.68. The second-order valence-electron chi connectivity index (χ2n) is 1.23. The number of aliphatic imine (C=N–C) groups is 1. The fourth-order valence-electron chi connectivity index (χ4n) is 0.364. The van der Waals surface area contributed by atoms with E-state index in [1.54, 1.807) is 0 Å². The van der Waals surface area contributed by atoms with Crippen LogP contribution < -0.4 is 5.32 Å². The van der Waals surface area contributed by atoms with Crippen molar-refractivity contribution in [3.8, 4) is 0 Å². The average Bonchev–Trinajstić information content (AvgIpc) is 2.12. The molecular formula is C3H3N3O2. The molecule has 1 aliphatic rings. The fraction of sp³-hybridized carbons (Fsp3) is 0.333. The van der Waals surface area contributed by atoms with Crippen LogP contribution in [-0.4, -0.2) is 17.4 Å². The summed E-state index contributed by atoms with van der Waals surface area (Å²) in [5.74, 6) is 0. The lowest BCUT2D eigenvalue weighted by molar-refractivity contribution is -0.524. The van der Waals surface area contributed by atoms with Crippen LogP contribution in [0.15, 0.2) is 4.99 Å². The van der Waals surface area contributed by atoms with E-state index >= 15 is 0 Å². The molecule has 5 nitrogen and oxygen atoms in total. The van der Waals surface area contributed by atoms with E-state index in [4.69, 9.17) is 0 Å². The molecule has 0 aromatic heterocycles. The molecule has 0 fully saturated rings. The Hall–Kier alpha value is -0.970. The van der Waals surface area contributed by atoms with Crippen molar-refractivity contribution >= 4 is 6.21 Å². The summed E-state index contributed by atoms with van der Waals surface area (Å²) < 4.78 is 0. The zero-order chi connectivity index (χ0) is 5.98. The smallest absolute Gasteiger partial charge is 0.261 e. The monoisotopic (exact) mass is 113 g/mol. The summed E-state index contributed by atoms with van der Waals surface area (Å²) in [6.07, 6.45) is 0.239. The van der Waals surface area contributed by atoms with Gasteiger partial charge in [0.25, 0.3) is 0 Å². The lowest BCUT2D eigenvalue weighted by Crippen LogP contribution is -2.27. The minimum absolute atomic E-state index is 0.531. The SMILES string of the molecule is O=[N+]([O-])C1N=C[C]N1. The van der Waals surface area contributed by atoms with Gasteiger partial charge >= 0.3 is 6.29 Å². The Morgan fingerprint density at radius 2 is 2.75 bits per heavy atom. The second-order valence-corrected chi connectivity index (χ2v) is 1.23. The van der Waals surface area contributed by atoms with Gasteiger partial charge in [-0.1, -0.05) is 0 Å². The lowest BCUT2D eigenvalue weighted by Gasteiger charge is -1.93. The fourth-order valence-corrected chi connectivity index (χ4v) is 0.364. The van der Waals surface area contributed by atoms with E-state index in [0.29, 0.717) is 0 Å². The Kier molecular flexibility index (Phi) is 1.21. The highest BCUT2D eigenvalue weighted by Crippen LogP contribution is 1.92. The van der Waals surface area contributed by atoms with Crippen molar-refractivity contribution in [3.63, 3.8) is 0 Å². The maximum Gasteiger partial charge on any atom is 0.363 e. The molecule has 5 heteroatoms. The number of hydrogen-bond acceptors (Lipinski definition) is 4. The molecule has 1 aliphatic heterocycles. The standard InChI is InChI=1S/C3H3N3O2/c7-6(8)3-4-1-2-5-3/h1,3,5H. The van der Waals surface area contributed by atoms with E-state index < -0.39 is 11.2 Å². The van der Waals surface area contributed by atoms with Crippen LogP contribution in [0.3, 0.4) is 0 Å². The number of nitro groups is 1. The topological polar surface area (TPSA) is 67.5 Å². The molecule has 2 radical (unpaired) electrons. The maximum absolute atomic E-state index is 9.79. The van der Waals surface area contributed by atoms with Gasteiger partial charge in [0.05, 0.1) is 4.92 Å². The summed E-state index contributed by atoms with van der Waals surface area (Å²) in [5, 5.41) is 12.1. The van der Waals surface area contributed by atoms with Gasteiger partial charge in [-0.15, -0.1) is 0 Å². The normalized spacial score (nSPS) is 26.2. The molecule has 0 bridgehead atoms. The van der Waals surface area contributed by atoms with Crippen LogP contribution in [0.5, 0.6) is 0 Å². The van der Waals surface area contributed by atoms with Crippen LogP contribution in [-0.2, 0) is 0 Å². The van der Waals surface area contributed by atoms with Gasteiger partial charge in [-0.25, -0.2) is 10.3 Å². The first-order valence-electron chi connectivity index (χ1n) is 1.97. The number of hydrogen-bond donors (Lipinski definition) is 1. The number of nitrogens with one attached hydrogen (secondary N) is 1. The quantitative estimate of drug-likeness (QED) is 0.359. The Balaban J connectivity index is 2.48. The molecule has 1 rings (SSSR count). The molecule has 1 atom stereocenters. The highest BCUT2D eigenvalue weighted by Gasteiger charge is 2.19.